The van der Waals surface area contributed by atoms with Crippen molar-refractivity contribution in [2.75, 3.05) is 19.3 Å². The number of likely N-dealkylation sites (tertiary alicyclic amines) is 1. The Kier molecular flexibility index (Phi) is 4.40. The second-order valence-corrected chi connectivity index (χ2v) is 9.01. The third-order valence-electron chi connectivity index (χ3n) is 4.89. The van der Waals surface area contributed by atoms with E-state index >= 15 is 0 Å². The van der Waals surface area contributed by atoms with Crippen molar-refractivity contribution >= 4 is 41.1 Å². The maximum atomic E-state index is 12.9. The molecule has 0 aromatic carbocycles. The Balaban J connectivity index is 2.10. The number of thiophene rings is 1. The van der Waals surface area contributed by atoms with E-state index in [0.717, 1.165) is 42.0 Å². The molecule has 0 N–H and O–H groups in total. The van der Waals surface area contributed by atoms with E-state index in [1.165, 1.54) is 23.1 Å². The van der Waals surface area contributed by atoms with Crippen LogP contribution in [0.5, 0.6) is 0 Å². The highest BCUT2D eigenvalue weighted by atomic mass is 32.2. The summed E-state index contributed by atoms with van der Waals surface area (Å²) in [5.74, 6) is -0.685. The van der Waals surface area contributed by atoms with Crippen LogP contribution in [0.4, 0.5) is 0 Å². The summed E-state index contributed by atoms with van der Waals surface area (Å²) in [5, 5.41) is 0. The molecule has 0 bridgehead atoms. The Labute approximate surface area is 144 Å². The van der Waals surface area contributed by atoms with Gasteiger partial charge in [0.15, 0.2) is 5.78 Å². The first kappa shape index (κ1) is 16.7. The third-order valence-corrected chi connectivity index (χ3v) is 7.23. The molecule has 1 amide bonds. The van der Waals surface area contributed by atoms with E-state index in [-0.39, 0.29) is 11.7 Å². The zero-order valence-corrected chi connectivity index (χ0v) is 15.3. The van der Waals surface area contributed by atoms with Gasteiger partial charge in [0.2, 0.25) is 0 Å². The number of fused-ring (bicyclic) bond motifs is 1. The lowest BCUT2D eigenvalue weighted by atomic mass is 9.67. The fourth-order valence-electron chi connectivity index (χ4n) is 3.56. The van der Waals surface area contributed by atoms with Crippen LogP contribution in [0.1, 0.15) is 52.3 Å². The molecule has 6 heteroatoms. The number of ketones is 1. The van der Waals surface area contributed by atoms with Gasteiger partial charge >= 0.3 is 0 Å². The summed E-state index contributed by atoms with van der Waals surface area (Å²) in [5.41, 5.74) is 1.05. The second-order valence-electron chi connectivity index (χ2n) is 6.92. The Bertz CT molecular complexity index is 672. The van der Waals surface area contributed by atoms with Crippen LogP contribution in [-0.2, 0) is 11.2 Å². The Morgan fingerprint density at radius 2 is 2.00 bits per heavy atom. The number of Topliss-reactive ketones (excluding diaryl/α,β-unsaturated/α-hetero) is 1. The van der Waals surface area contributed by atoms with Gasteiger partial charge in [-0.3, -0.25) is 9.59 Å². The van der Waals surface area contributed by atoms with Gasteiger partial charge in [-0.25, -0.2) is 0 Å². The first-order valence-electron chi connectivity index (χ1n) is 7.89. The molecule has 23 heavy (non-hydrogen) atoms. The number of hydrogen-bond acceptors (Lipinski definition) is 5. The number of rotatable bonds is 3. The first-order valence-corrected chi connectivity index (χ1v) is 9.93. The van der Waals surface area contributed by atoms with Gasteiger partial charge in [-0.15, -0.1) is 23.1 Å². The molecule has 1 aliphatic heterocycles. The minimum Gasteiger partial charge on any atom is -0.338 e. The number of nitrogens with zero attached hydrogens (tertiary/aromatic N) is 1. The van der Waals surface area contributed by atoms with E-state index in [0.29, 0.717) is 16.9 Å². The number of carbonyl (C=O) groups is 3. The quantitative estimate of drug-likeness (QED) is 0.476. The van der Waals surface area contributed by atoms with Crippen molar-refractivity contribution in [3.8, 4) is 0 Å². The highest BCUT2D eigenvalue weighted by Crippen LogP contribution is 2.47. The van der Waals surface area contributed by atoms with Gasteiger partial charge in [-0.1, -0.05) is 13.8 Å². The predicted octanol–water partition coefficient (Wildman–Crippen LogP) is 3.29. The smallest absolute Gasteiger partial charge is 0.264 e. The van der Waals surface area contributed by atoms with Gasteiger partial charge in [-0.05, 0) is 36.5 Å². The molecule has 0 spiro atoms. The van der Waals surface area contributed by atoms with Crippen molar-refractivity contribution in [1.29, 1.82) is 0 Å². The molecule has 1 atom stereocenters. The number of carbonyl (C=O) groups excluding carboxylic acids is 3. The van der Waals surface area contributed by atoms with Crippen molar-refractivity contribution in [1.82, 2.24) is 4.90 Å². The van der Waals surface area contributed by atoms with E-state index in [4.69, 9.17) is 0 Å². The van der Waals surface area contributed by atoms with E-state index in [2.05, 4.69) is 0 Å². The largest absolute Gasteiger partial charge is 0.338 e. The molecule has 2 aliphatic rings. The summed E-state index contributed by atoms with van der Waals surface area (Å²) >= 11 is 2.91. The maximum Gasteiger partial charge on any atom is 0.264 e. The topological polar surface area (TPSA) is 54.5 Å². The molecule has 1 aliphatic carbocycles. The van der Waals surface area contributed by atoms with Crippen LogP contribution in [0.25, 0.3) is 0 Å². The highest BCUT2D eigenvalue weighted by molar-refractivity contribution is 8.00. The molecule has 1 aromatic rings. The Morgan fingerprint density at radius 1 is 1.35 bits per heavy atom. The van der Waals surface area contributed by atoms with Gasteiger partial charge in [0, 0.05) is 18.7 Å². The molecular weight excluding hydrogens is 330 g/mol. The predicted molar refractivity (Wildman–Crippen MR) is 92.6 cm³/mol. The minimum atomic E-state index is -0.620. The number of thioether (sulfide) groups is 1. The molecule has 124 valence electrons. The average molecular weight is 351 g/mol. The average Bonchev–Trinajstić information content (AvgIpc) is 3.13. The van der Waals surface area contributed by atoms with Crippen molar-refractivity contribution in [3.63, 3.8) is 0 Å². The Hall–Kier alpha value is -1.14. The third kappa shape index (κ3) is 2.66. The van der Waals surface area contributed by atoms with Crippen LogP contribution in [-0.4, -0.2) is 42.2 Å². The van der Waals surface area contributed by atoms with Crippen LogP contribution in [0.15, 0.2) is 4.21 Å². The van der Waals surface area contributed by atoms with Crippen LogP contribution >= 0.6 is 23.1 Å². The number of aldehydes is 1. The molecule has 3 rings (SSSR count). The van der Waals surface area contributed by atoms with Crippen LogP contribution in [0.3, 0.4) is 0 Å². The molecule has 4 nitrogen and oxygen atoms in total. The summed E-state index contributed by atoms with van der Waals surface area (Å²) in [6.07, 6.45) is 5.39. The van der Waals surface area contributed by atoms with E-state index < -0.39 is 11.3 Å². The highest BCUT2D eigenvalue weighted by Gasteiger charge is 2.45. The summed E-state index contributed by atoms with van der Waals surface area (Å²) in [6.45, 7) is 5.48. The summed E-state index contributed by atoms with van der Waals surface area (Å²) in [6, 6.07) is 0. The van der Waals surface area contributed by atoms with Gasteiger partial charge in [0.25, 0.3) is 5.91 Å². The molecule has 1 unspecified atom stereocenters. The summed E-state index contributed by atoms with van der Waals surface area (Å²) in [7, 11) is 0. The monoisotopic (exact) mass is 351 g/mol. The van der Waals surface area contributed by atoms with E-state index in [1.54, 1.807) is 0 Å². The van der Waals surface area contributed by atoms with Crippen molar-refractivity contribution in [2.24, 2.45) is 11.3 Å². The zero-order valence-electron chi connectivity index (χ0n) is 13.7. The molecule has 0 radical (unpaired) electrons. The lowest BCUT2D eigenvalue weighted by molar-refractivity contribution is -0.112. The molecule has 1 aromatic heterocycles. The standard InChI is InChI=1S/C17H21NO3S2/c1-17(2)8-10-12(13(20)11(17)9-19)16(22-3)23-14(10)15(21)18-6-4-5-7-18/h9,11H,4-8H2,1-3H3. The van der Waals surface area contributed by atoms with Crippen molar-refractivity contribution in [3.05, 3.63) is 16.0 Å². The second kappa shape index (κ2) is 6.06. The first-order chi connectivity index (χ1) is 10.9. The van der Waals surface area contributed by atoms with E-state index in [1.807, 2.05) is 25.0 Å². The van der Waals surface area contributed by atoms with Gasteiger partial charge in [-0.2, -0.15) is 0 Å². The fourth-order valence-corrected chi connectivity index (χ4v) is 5.60. The molecule has 1 saturated heterocycles. The number of amides is 1. The summed E-state index contributed by atoms with van der Waals surface area (Å²) in [4.78, 5) is 39.7. The summed E-state index contributed by atoms with van der Waals surface area (Å²) < 4.78 is 0.870. The Morgan fingerprint density at radius 3 is 2.57 bits per heavy atom. The normalized spacial score (nSPS) is 23.0. The van der Waals surface area contributed by atoms with E-state index in [9.17, 15) is 14.4 Å². The lowest BCUT2D eigenvalue weighted by Gasteiger charge is -2.34. The molecule has 2 heterocycles. The zero-order chi connectivity index (χ0) is 16.8. The minimum absolute atomic E-state index is 0.0530. The van der Waals surface area contributed by atoms with Crippen molar-refractivity contribution in [2.45, 2.75) is 37.3 Å². The van der Waals surface area contributed by atoms with Crippen LogP contribution in [0.2, 0.25) is 0 Å². The SMILES string of the molecule is CSc1sc(C(=O)N2CCCC2)c2c1C(=O)C(C=O)C(C)(C)C2. The maximum absolute atomic E-state index is 12.9. The number of hydrogen-bond donors (Lipinski definition) is 0. The van der Waals surface area contributed by atoms with Gasteiger partial charge in [0.05, 0.1) is 15.0 Å². The fraction of sp³-hybridized carbons (Fsp3) is 0.588. The molecule has 1 fully saturated rings. The van der Waals surface area contributed by atoms with Gasteiger partial charge in [0.1, 0.15) is 6.29 Å². The van der Waals surface area contributed by atoms with Crippen LogP contribution < -0.4 is 0 Å². The van der Waals surface area contributed by atoms with Crippen molar-refractivity contribution < 1.29 is 14.4 Å². The molecule has 0 saturated carbocycles. The lowest BCUT2D eigenvalue weighted by Crippen LogP contribution is -2.39. The van der Waals surface area contributed by atoms with Gasteiger partial charge < -0.3 is 9.69 Å². The molecular formula is C17H21NO3S2. The van der Waals surface area contributed by atoms with Crippen LogP contribution in [0, 0.1) is 11.3 Å².